The van der Waals surface area contributed by atoms with Crippen LogP contribution in [0, 0.1) is 11.3 Å². The van der Waals surface area contributed by atoms with E-state index in [1.807, 2.05) is 0 Å². The first-order valence-electron chi connectivity index (χ1n) is 5.35. The van der Waals surface area contributed by atoms with Crippen LogP contribution < -0.4 is 0 Å². The van der Waals surface area contributed by atoms with Crippen molar-refractivity contribution in [3.63, 3.8) is 0 Å². The fourth-order valence-electron chi connectivity index (χ4n) is 2.31. The van der Waals surface area contributed by atoms with Gasteiger partial charge in [-0.15, -0.1) is 0 Å². The maximum absolute atomic E-state index is 12.0. The molecule has 1 fully saturated rings. The van der Waals surface area contributed by atoms with Crippen molar-refractivity contribution < 1.29 is 9.90 Å². The summed E-state index contributed by atoms with van der Waals surface area (Å²) in [5.41, 5.74) is 0.140. The van der Waals surface area contributed by atoms with Crippen LogP contribution in [0.2, 0.25) is 0 Å². The minimum Gasteiger partial charge on any atom is -0.395 e. The van der Waals surface area contributed by atoms with Crippen molar-refractivity contribution in [3.05, 3.63) is 0 Å². The highest BCUT2D eigenvalue weighted by Crippen LogP contribution is 2.43. The molecular formula is C11H21NO2. The third-order valence-corrected chi connectivity index (χ3v) is 3.37. The normalized spacial score (nSPS) is 25.0. The van der Waals surface area contributed by atoms with E-state index in [2.05, 4.69) is 13.8 Å². The van der Waals surface area contributed by atoms with Gasteiger partial charge in [0.05, 0.1) is 6.61 Å². The Morgan fingerprint density at radius 3 is 2.64 bits per heavy atom. The molecule has 0 aromatic rings. The lowest BCUT2D eigenvalue weighted by Gasteiger charge is -2.29. The lowest BCUT2D eigenvalue weighted by molar-refractivity contribution is -0.137. The maximum atomic E-state index is 12.0. The molecule has 1 unspecified atom stereocenters. The second kappa shape index (κ2) is 4.30. The quantitative estimate of drug-likeness (QED) is 0.743. The Balaban J connectivity index is 2.60. The summed E-state index contributed by atoms with van der Waals surface area (Å²) >= 11 is 0. The zero-order valence-corrected chi connectivity index (χ0v) is 9.42. The monoisotopic (exact) mass is 199 g/mol. The predicted octanol–water partition coefficient (Wildman–Crippen LogP) is 1.26. The van der Waals surface area contributed by atoms with Gasteiger partial charge in [-0.2, -0.15) is 0 Å². The van der Waals surface area contributed by atoms with Crippen molar-refractivity contribution >= 4 is 5.91 Å². The van der Waals surface area contributed by atoms with Crippen LogP contribution in [0.15, 0.2) is 0 Å². The molecule has 3 nitrogen and oxygen atoms in total. The average molecular weight is 199 g/mol. The average Bonchev–Trinajstić information content (AvgIpc) is 2.44. The first-order chi connectivity index (χ1) is 6.49. The lowest BCUT2D eigenvalue weighted by Crippen LogP contribution is -2.38. The second-order valence-electron chi connectivity index (χ2n) is 4.92. The summed E-state index contributed by atoms with van der Waals surface area (Å²) in [6.07, 6.45) is 3.29. The number of carbonyl (C=O) groups excluding carboxylic acids is 1. The van der Waals surface area contributed by atoms with E-state index in [1.165, 1.54) is 0 Å². The summed E-state index contributed by atoms with van der Waals surface area (Å²) < 4.78 is 0. The molecule has 0 aromatic heterocycles. The fourth-order valence-corrected chi connectivity index (χ4v) is 2.31. The van der Waals surface area contributed by atoms with Gasteiger partial charge in [-0.25, -0.2) is 0 Å². The van der Waals surface area contributed by atoms with Gasteiger partial charge in [0.25, 0.3) is 0 Å². The smallest absolute Gasteiger partial charge is 0.226 e. The van der Waals surface area contributed by atoms with Crippen LogP contribution in [0.25, 0.3) is 0 Å². The van der Waals surface area contributed by atoms with E-state index < -0.39 is 0 Å². The maximum Gasteiger partial charge on any atom is 0.226 e. The zero-order chi connectivity index (χ0) is 10.8. The molecule has 0 heterocycles. The van der Waals surface area contributed by atoms with Gasteiger partial charge < -0.3 is 10.0 Å². The Hall–Kier alpha value is -0.570. The van der Waals surface area contributed by atoms with Gasteiger partial charge in [-0.05, 0) is 18.3 Å². The highest BCUT2D eigenvalue weighted by molar-refractivity contribution is 5.79. The van der Waals surface area contributed by atoms with E-state index in [9.17, 15) is 4.79 Å². The van der Waals surface area contributed by atoms with Gasteiger partial charge in [-0.3, -0.25) is 4.79 Å². The van der Waals surface area contributed by atoms with Crippen molar-refractivity contribution in [2.24, 2.45) is 11.3 Å². The van der Waals surface area contributed by atoms with Gasteiger partial charge in [-0.1, -0.05) is 20.3 Å². The summed E-state index contributed by atoms with van der Waals surface area (Å²) in [6, 6.07) is 0. The number of aliphatic hydroxyl groups excluding tert-OH is 1. The molecule has 1 atom stereocenters. The minimum atomic E-state index is 0.0510. The van der Waals surface area contributed by atoms with Crippen LogP contribution in [0.3, 0.4) is 0 Å². The van der Waals surface area contributed by atoms with Crippen molar-refractivity contribution in [2.45, 2.75) is 33.1 Å². The van der Waals surface area contributed by atoms with Crippen LogP contribution in [0.1, 0.15) is 33.1 Å². The number of hydrogen-bond donors (Lipinski definition) is 1. The predicted molar refractivity (Wildman–Crippen MR) is 55.8 cm³/mol. The molecule has 0 bridgehead atoms. The number of nitrogens with zero attached hydrogens (tertiary/aromatic N) is 1. The summed E-state index contributed by atoms with van der Waals surface area (Å²) in [4.78, 5) is 13.6. The van der Waals surface area contributed by atoms with Crippen LogP contribution in [-0.4, -0.2) is 36.1 Å². The molecular weight excluding hydrogens is 178 g/mol. The van der Waals surface area contributed by atoms with Crippen molar-refractivity contribution in [1.82, 2.24) is 4.90 Å². The topological polar surface area (TPSA) is 40.5 Å². The Kier molecular flexibility index (Phi) is 3.53. The number of likely N-dealkylation sites (N-methyl/N-ethyl adjacent to an activating group) is 1. The molecule has 1 N–H and O–H groups in total. The van der Waals surface area contributed by atoms with Gasteiger partial charge in [0.1, 0.15) is 0 Å². The molecule has 0 aliphatic heterocycles. The van der Waals surface area contributed by atoms with Crippen LogP contribution in [-0.2, 0) is 4.79 Å². The first-order valence-corrected chi connectivity index (χ1v) is 5.35. The molecule has 0 saturated heterocycles. The number of amides is 1. The first kappa shape index (κ1) is 11.5. The molecule has 1 rings (SSSR count). The molecule has 82 valence electrons. The largest absolute Gasteiger partial charge is 0.395 e. The zero-order valence-electron chi connectivity index (χ0n) is 9.42. The number of carbonyl (C=O) groups is 1. The summed E-state index contributed by atoms with van der Waals surface area (Å²) in [6.45, 7) is 4.82. The van der Waals surface area contributed by atoms with E-state index in [4.69, 9.17) is 5.11 Å². The van der Waals surface area contributed by atoms with E-state index >= 15 is 0 Å². The lowest BCUT2D eigenvalue weighted by atomic mass is 9.81. The second-order valence-corrected chi connectivity index (χ2v) is 4.92. The Bertz CT molecular complexity index is 213. The Morgan fingerprint density at radius 1 is 1.57 bits per heavy atom. The molecule has 0 aromatic carbocycles. The molecule has 0 spiro atoms. The number of rotatable bonds is 3. The van der Waals surface area contributed by atoms with Crippen LogP contribution in [0.5, 0.6) is 0 Å². The molecule has 1 aliphatic carbocycles. The fraction of sp³-hybridized carbons (Fsp3) is 0.909. The summed E-state index contributed by atoms with van der Waals surface area (Å²) in [5, 5.41) is 8.76. The van der Waals surface area contributed by atoms with E-state index in [0.717, 1.165) is 19.3 Å². The standard InChI is InChI=1S/C11H21NO2/c1-11(2)6-4-5-9(11)10(14)12(3)7-8-13/h9,13H,4-8H2,1-3H3. The number of hydrogen-bond acceptors (Lipinski definition) is 2. The van der Waals surface area contributed by atoms with Crippen LogP contribution in [0.4, 0.5) is 0 Å². The molecule has 14 heavy (non-hydrogen) atoms. The highest BCUT2D eigenvalue weighted by atomic mass is 16.3. The SMILES string of the molecule is CN(CCO)C(=O)C1CCCC1(C)C. The third kappa shape index (κ3) is 2.27. The molecule has 1 aliphatic rings. The molecule has 3 heteroatoms. The summed E-state index contributed by atoms with van der Waals surface area (Å²) in [7, 11) is 1.77. The molecule has 0 radical (unpaired) electrons. The van der Waals surface area contributed by atoms with E-state index in [-0.39, 0.29) is 23.8 Å². The Morgan fingerprint density at radius 2 is 2.21 bits per heavy atom. The third-order valence-electron chi connectivity index (χ3n) is 3.37. The Labute approximate surface area is 86.1 Å². The van der Waals surface area contributed by atoms with Crippen molar-refractivity contribution in [3.8, 4) is 0 Å². The van der Waals surface area contributed by atoms with Gasteiger partial charge in [0, 0.05) is 19.5 Å². The van der Waals surface area contributed by atoms with E-state index in [0.29, 0.717) is 6.54 Å². The number of aliphatic hydroxyl groups is 1. The van der Waals surface area contributed by atoms with Crippen molar-refractivity contribution in [1.29, 1.82) is 0 Å². The van der Waals surface area contributed by atoms with Gasteiger partial charge >= 0.3 is 0 Å². The van der Waals surface area contributed by atoms with Gasteiger partial charge in [0.15, 0.2) is 0 Å². The van der Waals surface area contributed by atoms with E-state index in [1.54, 1.807) is 11.9 Å². The van der Waals surface area contributed by atoms with Gasteiger partial charge in [0.2, 0.25) is 5.91 Å². The minimum absolute atomic E-state index is 0.0510. The summed E-state index contributed by atoms with van der Waals surface area (Å²) in [5.74, 6) is 0.348. The highest BCUT2D eigenvalue weighted by Gasteiger charge is 2.40. The molecule has 1 saturated carbocycles. The van der Waals surface area contributed by atoms with Crippen LogP contribution >= 0.6 is 0 Å². The van der Waals surface area contributed by atoms with Crippen molar-refractivity contribution in [2.75, 3.05) is 20.2 Å². The molecule has 1 amide bonds.